The number of likely N-dealkylation sites (N-methyl/N-ethyl adjacent to an activating group) is 1. The molecule has 0 spiro atoms. The Labute approximate surface area is 126 Å². The van der Waals surface area contributed by atoms with Gasteiger partial charge in [0.25, 0.3) is 0 Å². The standard InChI is InChI=1S/C16H22N4O/c1-2-20(12-15-6-4-3-5-14(15)11-17)16(21)13-19-9-7-18-8-10-19/h3-6,18H,2,7-10,12-13H2,1H3. The van der Waals surface area contributed by atoms with Gasteiger partial charge in [-0.15, -0.1) is 0 Å². The Balaban J connectivity index is 1.98. The summed E-state index contributed by atoms with van der Waals surface area (Å²) < 4.78 is 0. The van der Waals surface area contributed by atoms with Crippen LogP contribution in [0.25, 0.3) is 0 Å². The number of rotatable bonds is 5. The Morgan fingerprint density at radius 3 is 2.76 bits per heavy atom. The van der Waals surface area contributed by atoms with Crippen molar-refractivity contribution in [1.82, 2.24) is 15.1 Å². The van der Waals surface area contributed by atoms with E-state index in [0.717, 1.165) is 31.7 Å². The van der Waals surface area contributed by atoms with Gasteiger partial charge in [-0.05, 0) is 18.6 Å². The first-order valence-corrected chi connectivity index (χ1v) is 7.43. The number of carbonyl (C=O) groups is 1. The Morgan fingerprint density at radius 2 is 2.10 bits per heavy atom. The van der Waals surface area contributed by atoms with E-state index in [4.69, 9.17) is 5.26 Å². The van der Waals surface area contributed by atoms with E-state index in [1.165, 1.54) is 0 Å². The molecule has 0 aliphatic carbocycles. The molecular weight excluding hydrogens is 264 g/mol. The molecule has 2 rings (SSSR count). The smallest absolute Gasteiger partial charge is 0.237 e. The average molecular weight is 286 g/mol. The number of amides is 1. The number of piperazine rings is 1. The van der Waals surface area contributed by atoms with Crippen LogP contribution in [0.1, 0.15) is 18.1 Å². The third-order valence-corrected chi connectivity index (χ3v) is 3.80. The van der Waals surface area contributed by atoms with Crippen molar-refractivity contribution in [3.8, 4) is 6.07 Å². The fraction of sp³-hybridized carbons (Fsp3) is 0.500. The fourth-order valence-electron chi connectivity index (χ4n) is 2.51. The first-order valence-electron chi connectivity index (χ1n) is 7.43. The molecule has 1 amide bonds. The van der Waals surface area contributed by atoms with Crippen molar-refractivity contribution in [3.05, 3.63) is 35.4 Å². The van der Waals surface area contributed by atoms with Crippen LogP contribution in [0.15, 0.2) is 24.3 Å². The van der Waals surface area contributed by atoms with E-state index in [0.29, 0.717) is 25.2 Å². The van der Waals surface area contributed by atoms with Gasteiger partial charge in [0.15, 0.2) is 0 Å². The zero-order valence-electron chi connectivity index (χ0n) is 12.5. The zero-order valence-corrected chi connectivity index (χ0v) is 12.5. The molecule has 1 heterocycles. The van der Waals surface area contributed by atoms with Gasteiger partial charge in [0, 0.05) is 39.3 Å². The number of benzene rings is 1. The molecule has 0 unspecified atom stereocenters. The Bertz CT molecular complexity index is 517. The van der Waals surface area contributed by atoms with Crippen LogP contribution in [-0.4, -0.2) is 55.0 Å². The van der Waals surface area contributed by atoms with Crippen molar-refractivity contribution in [2.45, 2.75) is 13.5 Å². The number of carbonyl (C=O) groups excluding carboxylic acids is 1. The molecule has 1 fully saturated rings. The highest BCUT2D eigenvalue weighted by Gasteiger charge is 2.18. The van der Waals surface area contributed by atoms with Crippen molar-refractivity contribution in [1.29, 1.82) is 5.26 Å². The van der Waals surface area contributed by atoms with E-state index in [1.807, 2.05) is 30.0 Å². The van der Waals surface area contributed by atoms with E-state index in [1.54, 1.807) is 6.07 Å². The summed E-state index contributed by atoms with van der Waals surface area (Å²) in [4.78, 5) is 16.4. The van der Waals surface area contributed by atoms with E-state index in [-0.39, 0.29) is 5.91 Å². The summed E-state index contributed by atoms with van der Waals surface area (Å²) in [7, 11) is 0. The lowest BCUT2D eigenvalue weighted by molar-refractivity contribution is -0.133. The molecule has 1 aromatic rings. The number of nitriles is 1. The number of nitrogens with zero attached hydrogens (tertiary/aromatic N) is 3. The SMILES string of the molecule is CCN(Cc1ccccc1C#N)C(=O)CN1CCNCC1. The maximum absolute atomic E-state index is 12.4. The van der Waals surface area contributed by atoms with Gasteiger partial charge in [-0.2, -0.15) is 5.26 Å². The topological polar surface area (TPSA) is 59.4 Å². The maximum atomic E-state index is 12.4. The largest absolute Gasteiger partial charge is 0.337 e. The first kappa shape index (κ1) is 15.5. The highest BCUT2D eigenvalue weighted by atomic mass is 16.2. The van der Waals surface area contributed by atoms with Gasteiger partial charge in [0.1, 0.15) is 0 Å². The second kappa shape index (κ2) is 7.77. The van der Waals surface area contributed by atoms with Gasteiger partial charge in [-0.3, -0.25) is 9.69 Å². The number of hydrogen-bond acceptors (Lipinski definition) is 4. The normalized spacial score (nSPS) is 15.4. The molecule has 1 aliphatic rings. The van der Waals surface area contributed by atoms with Gasteiger partial charge in [0.2, 0.25) is 5.91 Å². The van der Waals surface area contributed by atoms with E-state index in [2.05, 4.69) is 16.3 Å². The quantitative estimate of drug-likeness (QED) is 0.870. The molecule has 0 bridgehead atoms. The van der Waals surface area contributed by atoms with E-state index < -0.39 is 0 Å². The molecule has 5 heteroatoms. The monoisotopic (exact) mass is 286 g/mol. The van der Waals surface area contributed by atoms with Gasteiger partial charge >= 0.3 is 0 Å². The fourth-order valence-corrected chi connectivity index (χ4v) is 2.51. The number of nitrogens with one attached hydrogen (secondary N) is 1. The third kappa shape index (κ3) is 4.28. The number of hydrogen-bond donors (Lipinski definition) is 1. The van der Waals surface area contributed by atoms with E-state index >= 15 is 0 Å². The minimum absolute atomic E-state index is 0.132. The molecule has 1 aromatic carbocycles. The maximum Gasteiger partial charge on any atom is 0.237 e. The van der Waals surface area contributed by atoms with Crippen molar-refractivity contribution >= 4 is 5.91 Å². The van der Waals surface area contributed by atoms with Crippen LogP contribution in [0.5, 0.6) is 0 Å². The molecule has 112 valence electrons. The summed E-state index contributed by atoms with van der Waals surface area (Å²) in [6.07, 6.45) is 0. The molecule has 1 aliphatic heterocycles. The molecule has 21 heavy (non-hydrogen) atoms. The van der Waals surface area contributed by atoms with Gasteiger partial charge in [-0.1, -0.05) is 18.2 Å². The molecule has 0 saturated carbocycles. The summed E-state index contributed by atoms with van der Waals surface area (Å²) in [5.41, 5.74) is 1.56. The lowest BCUT2D eigenvalue weighted by atomic mass is 10.1. The molecule has 0 radical (unpaired) electrons. The predicted molar refractivity (Wildman–Crippen MR) is 81.6 cm³/mol. The summed E-state index contributed by atoms with van der Waals surface area (Å²) in [6, 6.07) is 9.66. The summed E-state index contributed by atoms with van der Waals surface area (Å²) in [5, 5.41) is 12.4. The van der Waals surface area contributed by atoms with Gasteiger partial charge in [0.05, 0.1) is 18.2 Å². The van der Waals surface area contributed by atoms with Crippen LogP contribution < -0.4 is 5.32 Å². The Kier molecular flexibility index (Phi) is 5.73. The minimum Gasteiger partial charge on any atom is -0.337 e. The third-order valence-electron chi connectivity index (χ3n) is 3.80. The second-order valence-electron chi connectivity index (χ2n) is 5.20. The summed E-state index contributed by atoms with van der Waals surface area (Å²) in [5.74, 6) is 0.132. The Morgan fingerprint density at radius 1 is 1.38 bits per heavy atom. The lowest BCUT2D eigenvalue weighted by Gasteiger charge is -2.29. The van der Waals surface area contributed by atoms with E-state index in [9.17, 15) is 4.79 Å². The van der Waals surface area contributed by atoms with Crippen molar-refractivity contribution in [2.75, 3.05) is 39.3 Å². The highest BCUT2D eigenvalue weighted by Crippen LogP contribution is 2.11. The molecule has 1 N–H and O–H groups in total. The minimum atomic E-state index is 0.132. The molecular formula is C16H22N4O. The average Bonchev–Trinajstić information content (AvgIpc) is 2.53. The lowest BCUT2D eigenvalue weighted by Crippen LogP contribution is -2.48. The molecule has 5 nitrogen and oxygen atoms in total. The predicted octanol–water partition coefficient (Wildman–Crippen LogP) is 0.812. The van der Waals surface area contributed by atoms with Crippen molar-refractivity contribution in [2.24, 2.45) is 0 Å². The zero-order chi connectivity index (χ0) is 15.1. The van der Waals surface area contributed by atoms with Gasteiger partial charge in [-0.25, -0.2) is 0 Å². The van der Waals surface area contributed by atoms with Crippen molar-refractivity contribution < 1.29 is 4.79 Å². The van der Waals surface area contributed by atoms with Gasteiger partial charge < -0.3 is 10.2 Å². The summed E-state index contributed by atoms with van der Waals surface area (Å²) in [6.45, 7) is 7.31. The molecule has 0 aromatic heterocycles. The van der Waals surface area contributed by atoms with Crippen LogP contribution in [-0.2, 0) is 11.3 Å². The van der Waals surface area contributed by atoms with Crippen LogP contribution in [0.3, 0.4) is 0 Å². The van der Waals surface area contributed by atoms with Crippen molar-refractivity contribution in [3.63, 3.8) is 0 Å². The van der Waals surface area contributed by atoms with Crippen LogP contribution in [0.2, 0.25) is 0 Å². The van der Waals surface area contributed by atoms with Crippen LogP contribution in [0.4, 0.5) is 0 Å². The Hall–Kier alpha value is -1.90. The first-order chi connectivity index (χ1) is 10.2. The van der Waals surface area contributed by atoms with Crippen LogP contribution >= 0.6 is 0 Å². The van der Waals surface area contributed by atoms with Crippen LogP contribution in [0, 0.1) is 11.3 Å². The molecule has 1 saturated heterocycles. The second-order valence-corrected chi connectivity index (χ2v) is 5.20. The highest BCUT2D eigenvalue weighted by molar-refractivity contribution is 5.78. The summed E-state index contributed by atoms with van der Waals surface area (Å²) >= 11 is 0. The molecule has 0 atom stereocenters.